The minimum absolute atomic E-state index is 0.0393. The number of para-hydroxylation sites is 2. The Bertz CT molecular complexity index is 1170. The Morgan fingerprint density at radius 3 is 2.42 bits per heavy atom. The average Bonchev–Trinajstić information content (AvgIpc) is 3.37. The summed E-state index contributed by atoms with van der Waals surface area (Å²) in [6, 6.07) is 18.1. The van der Waals surface area contributed by atoms with Gasteiger partial charge >= 0.3 is 6.29 Å². The number of H-pyrrole nitrogens is 1. The molecule has 154 valence electrons. The van der Waals surface area contributed by atoms with E-state index in [-0.39, 0.29) is 11.5 Å². The van der Waals surface area contributed by atoms with Gasteiger partial charge in [0, 0.05) is 41.6 Å². The molecule has 2 aromatic carbocycles. The third-order valence-electron chi connectivity index (χ3n) is 4.18. The zero-order valence-electron chi connectivity index (χ0n) is 15.9. The van der Waals surface area contributed by atoms with Crippen molar-refractivity contribution < 1.29 is 18.3 Å². The van der Waals surface area contributed by atoms with Gasteiger partial charge < -0.3 is 19.8 Å². The smallest absolute Gasteiger partial charge is 0.395 e. The molecule has 1 aliphatic rings. The van der Waals surface area contributed by atoms with Gasteiger partial charge in [0.2, 0.25) is 5.95 Å². The molecule has 0 spiro atoms. The van der Waals surface area contributed by atoms with E-state index in [2.05, 4.69) is 29.7 Å². The van der Waals surface area contributed by atoms with Crippen molar-refractivity contribution in [2.24, 2.45) is 0 Å². The Balaban J connectivity index is 0.000000158. The first-order chi connectivity index (χ1) is 15.1. The molecule has 2 aromatic heterocycles. The zero-order chi connectivity index (χ0) is 21.7. The molecule has 9 heteroatoms. The summed E-state index contributed by atoms with van der Waals surface area (Å²) in [6.45, 7) is 0. The van der Waals surface area contributed by atoms with Gasteiger partial charge in [-0.2, -0.15) is 5.26 Å². The van der Waals surface area contributed by atoms with Crippen molar-refractivity contribution >= 4 is 11.6 Å². The molecule has 31 heavy (non-hydrogen) atoms. The van der Waals surface area contributed by atoms with E-state index in [4.69, 9.17) is 5.26 Å². The molecule has 0 aliphatic carbocycles. The Labute approximate surface area is 175 Å². The Morgan fingerprint density at radius 1 is 0.903 bits per heavy atom. The summed E-state index contributed by atoms with van der Waals surface area (Å²) in [5, 5.41) is 12.0. The van der Waals surface area contributed by atoms with Crippen molar-refractivity contribution in [2.45, 2.75) is 6.29 Å². The molecule has 7 nitrogen and oxygen atoms in total. The second-order valence-electron chi connectivity index (χ2n) is 6.26. The maximum absolute atomic E-state index is 13.0. The first-order valence-electron chi connectivity index (χ1n) is 9.11. The number of aromatic amines is 1. The summed E-state index contributed by atoms with van der Waals surface area (Å²) in [5.74, 6) is 0.523. The summed E-state index contributed by atoms with van der Waals surface area (Å²) in [5.41, 5.74) is 2.23. The summed E-state index contributed by atoms with van der Waals surface area (Å²) in [4.78, 5) is 10.9. The highest BCUT2D eigenvalue weighted by molar-refractivity contribution is 5.78. The van der Waals surface area contributed by atoms with Crippen LogP contribution in [0.2, 0.25) is 0 Å². The van der Waals surface area contributed by atoms with E-state index in [1.165, 1.54) is 12.3 Å². The van der Waals surface area contributed by atoms with Gasteiger partial charge in [-0.25, -0.2) is 9.97 Å². The van der Waals surface area contributed by atoms with Crippen LogP contribution in [0.1, 0.15) is 5.56 Å². The van der Waals surface area contributed by atoms with Crippen LogP contribution in [0.25, 0.3) is 11.1 Å². The highest BCUT2D eigenvalue weighted by Gasteiger charge is 2.44. The zero-order valence-corrected chi connectivity index (χ0v) is 15.9. The number of nitrogens with zero attached hydrogens (tertiary/aromatic N) is 3. The standard InChI is InChI=1S/C12H6F2N2O2.C10H9N3/c13-12(14)17-10-3-1-2-8(11(10)18-12)9-6-16-5-7(9)4-15;1-2-5-9(6-3-1)13-10-11-7-4-8-12-10/h1-3,5-6,16H;1-8H,(H,11,12,13). The predicted octanol–water partition coefficient (Wildman–Crippen LogP) is 5.10. The van der Waals surface area contributed by atoms with Crippen LogP contribution in [0.15, 0.2) is 79.4 Å². The number of hydrogen-bond donors (Lipinski definition) is 2. The quantitative estimate of drug-likeness (QED) is 0.480. The van der Waals surface area contributed by atoms with E-state index < -0.39 is 6.29 Å². The molecule has 0 saturated carbocycles. The fourth-order valence-electron chi connectivity index (χ4n) is 2.87. The molecular formula is C22H15F2N5O2. The van der Waals surface area contributed by atoms with Crippen molar-refractivity contribution in [3.8, 4) is 28.7 Å². The van der Waals surface area contributed by atoms with Gasteiger partial charge in [-0.15, -0.1) is 8.78 Å². The molecule has 5 rings (SSSR count). The molecule has 4 aromatic rings. The fourth-order valence-corrected chi connectivity index (χ4v) is 2.87. The van der Waals surface area contributed by atoms with Crippen LogP contribution in [-0.4, -0.2) is 21.2 Å². The van der Waals surface area contributed by atoms with Crippen molar-refractivity contribution in [1.82, 2.24) is 15.0 Å². The van der Waals surface area contributed by atoms with E-state index in [0.717, 1.165) is 5.69 Å². The Morgan fingerprint density at radius 2 is 1.68 bits per heavy atom. The molecule has 2 N–H and O–H groups in total. The van der Waals surface area contributed by atoms with Crippen LogP contribution < -0.4 is 14.8 Å². The normalized spacial score (nSPS) is 12.9. The van der Waals surface area contributed by atoms with Crippen molar-refractivity contribution in [1.29, 1.82) is 5.26 Å². The van der Waals surface area contributed by atoms with Gasteiger partial charge in [0.15, 0.2) is 11.5 Å². The summed E-state index contributed by atoms with van der Waals surface area (Å²) < 4.78 is 34.9. The Kier molecular flexibility index (Phi) is 5.45. The van der Waals surface area contributed by atoms with Gasteiger partial charge in [0.05, 0.1) is 5.56 Å². The van der Waals surface area contributed by atoms with Crippen LogP contribution in [-0.2, 0) is 0 Å². The highest BCUT2D eigenvalue weighted by atomic mass is 19.3. The maximum atomic E-state index is 13.0. The van der Waals surface area contributed by atoms with Crippen LogP contribution in [0.5, 0.6) is 11.5 Å². The highest BCUT2D eigenvalue weighted by Crippen LogP contribution is 2.47. The van der Waals surface area contributed by atoms with E-state index in [1.807, 2.05) is 36.4 Å². The predicted molar refractivity (Wildman–Crippen MR) is 109 cm³/mol. The van der Waals surface area contributed by atoms with E-state index in [0.29, 0.717) is 22.6 Å². The topological polar surface area (TPSA) is 95.9 Å². The average molecular weight is 419 g/mol. The number of halogens is 2. The molecular weight excluding hydrogens is 404 g/mol. The molecule has 0 unspecified atom stereocenters. The SMILES string of the molecule is N#Cc1c[nH]cc1-c1cccc2c1OC(F)(F)O2.c1ccc(Nc2ncccn2)cc1. The number of aromatic nitrogens is 3. The molecule has 0 fully saturated rings. The van der Waals surface area contributed by atoms with Crippen molar-refractivity contribution in [2.75, 3.05) is 5.32 Å². The van der Waals surface area contributed by atoms with Crippen molar-refractivity contribution in [3.05, 3.63) is 84.9 Å². The number of nitrogens with one attached hydrogen (secondary N) is 2. The van der Waals surface area contributed by atoms with Crippen molar-refractivity contribution in [3.63, 3.8) is 0 Å². The third kappa shape index (κ3) is 4.59. The molecule has 0 bridgehead atoms. The van der Waals surface area contributed by atoms with Crippen LogP contribution in [0.3, 0.4) is 0 Å². The largest absolute Gasteiger partial charge is 0.586 e. The monoisotopic (exact) mass is 419 g/mol. The second kappa shape index (κ2) is 8.51. The summed E-state index contributed by atoms with van der Waals surface area (Å²) in [6.07, 6.45) is 2.79. The molecule has 0 amide bonds. The van der Waals surface area contributed by atoms with Gasteiger partial charge in [-0.1, -0.05) is 30.3 Å². The molecule has 1 aliphatic heterocycles. The van der Waals surface area contributed by atoms with Gasteiger partial charge in [0.1, 0.15) is 6.07 Å². The number of nitriles is 1. The summed E-state index contributed by atoms with van der Waals surface area (Å²) in [7, 11) is 0. The number of anilines is 2. The number of benzene rings is 2. The number of fused-ring (bicyclic) bond motifs is 1. The first-order valence-corrected chi connectivity index (χ1v) is 9.11. The number of hydrogen-bond acceptors (Lipinski definition) is 6. The van der Waals surface area contributed by atoms with Crippen LogP contribution in [0, 0.1) is 11.3 Å². The second-order valence-corrected chi connectivity index (χ2v) is 6.26. The van der Waals surface area contributed by atoms with Crippen LogP contribution >= 0.6 is 0 Å². The van der Waals surface area contributed by atoms with E-state index in [1.54, 1.807) is 36.8 Å². The lowest BCUT2D eigenvalue weighted by Crippen LogP contribution is -2.26. The summed E-state index contributed by atoms with van der Waals surface area (Å²) >= 11 is 0. The minimum atomic E-state index is -3.67. The lowest BCUT2D eigenvalue weighted by Gasteiger charge is -2.06. The third-order valence-corrected chi connectivity index (χ3v) is 4.18. The molecule has 0 atom stereocenters. The molecule has 0 radical (unpaired) electrons. The lowest BCUT2D eigenvalue weighted by atomic mass is 10.0. The molecule has 0 saturated heterocycles. The van der Waals surface area contributed by atoms with E-state index >= 15 is 0 Å². The van der Waals surface area contributed by atoms with Gasteiger partial charge in [-0.3, -0.25) is 0 Å². The number of alkyl halides is 2. The van der Waals surface area contributed by atoms with Gasteiger partial charge in [0.25, 0.3) is 0 Å². The minimum Gasteiger partial charge on any atom is -0.395 e. The van der Waals surface area contributed by atoms with Crippen LogP contribution in [0.4, 0.5) is 20.4 Å². The number of ether oxygens (including phenoxy) is 2. The Hall–Kier alpha value is -4.45. The number of rotatable bonds is 3. The first kappa shape index (κ1) is 19.8. The maximum Gasteiger partial charge on any atom is 0.586 e. The fraction of sp³-hybridized carbons (Fsp3) is 0.0455. The molecule has 3 heterocycles. The lowest BCUT2D eigenvalue weighted by molar-refractivity contribution is -0.286. The van der Waals surface area contributed by atoms with E-state index in [9.17, 15) is 8.78 Å². The van der Waals surface area contributed by atoms with Gasteiger partial charge in [-0.05, 0) is 24.3 Å².